The molecule has 0 aliphatic rings. The monoisotopic (exact) mass is 1350 g/mol. The van der Waals surface area contributed by atoms with E-state index in [1.165, 1.54) is 193 Å². The van der Waals surface area contributed by atoms with Gasteiger partial charge in [0.05, 0.1) is 26.4 Å². The summed E-state index contributed by atoms with van der Waals surface area (Å²) in [5.74, 6) is -0.623. The summed E-state index contributed by atoms with van der Waals surface area (Å²) in [5.41, 5.74) is 0. The molecule has 19 heteroatoms. The molecule has 0 fully saturated rings. The molecule has 5 atom stereocenters. The topological polar surface area (TPSA) is 237 Å². The molecule has 0 aromatic heterocycles. The standard InChI is InChI=1S/C73H142O17P2/c1-7-9-11-13-15-17-19-21-22-23-25-33-39-45-51-57-72(77)89-68(61-84-71(76)56-50-44-38-32-27-26-29-35-41-47-53-65(3)4)63-87-91(79,80)85-59-67(74)60-86-92(81,82)88-64-69(90-73(78)58-52-46-40-34-28-30-36-42-48-54-66(5)6)62-83-70(75)55-49-43-37-31-24-20-18-16-14-12-10-8-2/h65-69,74H,7-64H2,1-6H3,(H,79,80)(H,81,82)/t67-,68-,69-/m1/s1. The molecule has 0 heterocycles. The summed E-state index contributed by atoms with van der Waals surface area (Å²) in [6, 6.07) is 0. The summed E-state index contributed by atoms with van der Waals surface area (Å²) in [5, 5.41) is 10.6. The maximum atomic E-state index is 13.1. The Balaban J connectivity index is 5.26. The van der Waals surface area contributed by atoms with Gasteiger partial charge in [0.2, 0.25) is 0 Å². The number of carbonyl (C=O) groups is 4. The van der Waals surface area contributed by atoms with E-state index in [0.29, 0.717) is 25.7 Å². The van der Waals surface area contributed by atoms with Gasteiger partial charge in [-0.2, -0.15) is 0 Å². The molecule has 17 nitrogen and oxygen atoms in total. The fourth-order valence-electron chi connectivity index (χ4n) is 11.1. The number of unbranched alkanes of at least 4 members (excludes halogenated alkanes) is 42. The van der Waals surface area contributed by atoms with E-state index < -0.39 is 97.5 Å². The summed E-state index contributed by atoms with van der Waals surface area (Å²) in [6.07, 6.45) is 51.2. The van der Waals surface area contributed by atoms with Crippen molar-refractivity contribution >= 4 is 39.5 Å². The van der Waals surface area contributed by atoms with E-state index in [1.54, 1.807) is 0 Å². The Bertz CT molecular complexity index is 1790. The van der Waals surface area contributed by atoms with Crippen LogP contribution in [-0.2, 0) is 65.4 Å². The van der Waals surface area contributed by atoms with Crippen molar-refractivity contribution in [1.29, 1.82) is 0 Å². The molecule has 0 aromatic rings. The predicted octanol–water partition coefficient (Wildman–Crippen LogP) is 21.2. The van der Waals surface area contributed by atoms with Gasteiger partial charge in [0.15, 0.2) is 12.2 Å². The van der Waals surface area contributed by atoms with Gasteiger partial charge in [-0.15, -0.1) is 0 Å². The molecule has 0 aromatic carbocycles. The molecule has 0 aliphatic carbocycles. The van der Waals surface area contributed by atoms with Crippen molar-refractivity contribution in [2.24, 2.45) is 11.8 Å². The minimum atomic E-state index is -4.95. The number of aliphatic hydroxyl groups excluding tert-OH is 1. The third kappa shape index (κ3) is 66.7. The third-order valence-corrected chi connectivity index (χ3v) is 18.9. The molecule has 2 unspecified atom stereocenters. The molecular weight excluding hydrogens is 1210 g/mol. The van der Waals surface area contributed by atoms with Crippen LogP contribution in [0.4, 0.5) is 0 Å². The summed E-state index contributed by atoms with van der Waals surface area (Å²) in [7, 11) is -9.91. The maximum absolute atomic E-state index is 13.1. The van der Waals surface area contributed by atoms with Crippen LogP contribution in [0.3, 0.4) is 0 Å². The van der Waals surface area contributed by atoms with Crippen LogP contribution in [0.2, 0.25) is 0 Å². The van der Waals surface area contributed by atoms with Crippen molar-refractivity contribution in [3.05, 3.63) is 0 Å². The summed E-state index contributed by atoms with van der Waals surface area (Å²) < 4.78 is 68.4. The molecule has 0 bridgehead atoms. The van der Waals surface area contributed by atoms with Gasteiger partial charge in [-0.05, 0) is 37.5 Å². The van der Waals surface area contributed by atoms with Crippen LogP contribution in [0.25, 0.3) is 0 Å². The summed E-state index contributed by atoms with van der Waals surface area (Å²) >= 11 is 0. The Hall–Kier alpha value is -1.94. The molecule has 546 valence electrons. The lowest BCUT2D eigenvalue weighted by Crippen LogP contribution is -2.30. The second-order valence-electron chi connectivity index (χ2n) is 27.3. The quantitative estimate of drug-likeness (QED) is 0.0222. The number of esters is 4. The van der Waals surface area contributed by atoms with E-state index in [1.807, 2.05) is 0 Å². The van der Waals surface area contributed by atoms with Crippen LogP contribution >= 0.6 is 15.6 Å². The minimum Gasteiger partial charge on any atom is -0.462 e. The maximum Gasteiger partial charge on any atom is 0.472 e. The number of hydrogen-bond acceptors (Lipinski definition) is 15. The lowest BCUT2D eigenvalue weighted by Gasteiger charge is -2.21. The lowest BCUT2D eigenvalue weighted by atomic mass is 10.0. The van der Waals surface area contributed by atoms with Crippen molar-refractivity contribution in [3.63, 3.8) is 0 Å². The van der Waals surface area contributed by atoms with E-state index in [0.717, 1.165) is 102 Å². The highest BCUT2D eigenvalue weighted by Crippen LogP contribution is 2.45. The normalized spacial score (nSPS) is 14.1. The highest BCUT2D eigenvalue weighted by molar-refractivity contribution is 7.47. The average Bonchev–Trinajstić information content (AvgIpc) is 1.42. The predicted molar refractivity (Wildman–Crippen MR) is 372 cm³/mol. The van der Waals surface area contributed by atoms with Gasteiger partial charge in [0, 0.05) is 25.7 Å². The van der Waals surface area contributed by atoms with Gasteiger partial charge in [-0.25, -0.2) is 9.13 Å². The van der Waals surface area contributed by atoms with Gasteiger partial charge < -0.3 is 33.8 Å². The van der Waals surface area contributed by atoms with Gasteiger partial charge in [-0.1, -0.05) is 324 Å². The Morgan fingerprint density at radius 3 is 0.739 bits per heavy atom. The molecule has 0 saturated carbocycles. The van der Waals surface area contributed by atoms with Crippen LogP contribution in [0.5, 0.6) is 0 Å². The number of phosphoric acid groups is 2. The molecule has 0 aliphatic heterocycles. The average molecular weight is 1350 g/mol. The first-order valence-electron chi connectivity index (χ1n) is 38.0. The highest BCUT2D eigenvalue weighted by atomic mass is 31.2. The second-order valence-corrected chi connectivity index (χ2v) is 30.2. The second kappa shape index (κ2) is 65.0. The van der Waals surface area contributed by atoms with E-state index >= 15 is 0 Å². The van der Waals surface area contributed by atoms with Gasteiger partial charge in [0.1, 0.15) is 19.3 Å². The number of carbonyl (C=O) groups excluding carboxylic acids is 4. The van der Waals surface area contributed by atoms with Crippen LogP contribution < -0.4 is 0 Å². The zero-order chi connectivity index (χ0) is 67.9. The van der Waals surface area contributed by atoms with Gasteiger partial charge in [-0.3, -0.25) is 37.3 Å². The summed E-state index contributed by atoms with van der Waals surface area (Å²) in [6.45, 7) is 9.55. The first-order valence-corrected chi connectivity index (χ1v) is 41.0. The van der Waals surface area contributed by atoms with Crippen molar-refractivity contribution in [1.82, 2.24) is 0 Å². The molecule has 92 heavy (non-hydrogen) atoms. The first-order chi connectivity index (χ1) is 44.4. The zero-order valence-corrected chi connectivity index (χ0v) is 61.6. The zero-order valence-electron chi connectivity index (χ0n) is 59.9. The number of aliphatic hydroxyl groups is 1. The Morgan fingerprint density at radius 2 is 0.500 bits per heavy atom. The van der Waals surface area contributed by atoms with Crippen molar-refractivity contribution < 1.29 is 80.2 Å². The molecule has 3 N–H and O–H groups in total. The number of phosphoric ester groups is 2. The van der Waals surface area contributed by atoms with E-state index in [-0.39, 0.29) is 25.7 Å². The molecule has 0 spiro atoms. The van der Waals surface area contributed by atoms with Crippen LogP contribution in [0.1, 0.15) is 375 Å². The van der Waals surface area contributed by atoms with E-state index in [4.69, 9.17) is 37.0 Å². The van der Waals surface area contributed by atoms with E-state index in [2.05, 4.69) is 41.5 Å². The van der Waals surface area contributed by atoms with Crippen LogP contribution in [-0.4, -0.2) is 96.7 Å². The Kier molecular flexibility index (Phi) is 63.7. The number of rotatable bonds is 72. The summed E-state index contributed by atoms with van der Waals surface area (Å²) in [4.78, 5) is 72.7. The fourth-order valence-corrected chi connectivity index (χ4v) is 12.7. The Morgan fingerprint density at radius 1 is 0.293 bits per heavy atom. The van der Waals surface area contributed by atoms with Crippen molar-refractivity contribution in [2.75, 3.05) is 39.6 Å². The minimum absolute atomic E-state index is 0.106. The van der Waals surface area contributed by atoms with Gasteiger partial charge in [0.25, 0.3) is 0 Å². The fraction of sp³-hybridized carbons (Fsp3) is 0.945. The lowest BCUT2D eigenvalue weighted by molar-refractivity contribution is -0.161. The molecular formula is C73H142O17P2. The Labute approximate surface area is 562 Å². The molecule has 0 radical (unpaired) electrons. The van der Waals surface area contributed by atoms with Crippen LogP contribution in [0, 0.1) is 11.8 Å². The third-order valence-electron chi connectivity index (χ3n) is 17.0. The largest absolute Gasteiger partial charge is 0.472 e. The highest BCUT2D eigenvalue weighted by Gasteiger charge is 2.30. The SMILES string of the molecule is CCCCCCCCCCCCCCCCCC(=O)O[C@H](COC(=O)CCCCCCCCCCCCC(C)C)COP(=O)(O)OC[C@@H](O)COP(=O)(O)OC[C@@H](COC(=O)CCCCCCCCCCCCCC)OC(=O)CCCCCCCCCCCC(C)C. The number of ether oxygens (including phenoxy) is 4. The van der Waals surface area contributed by atoms with E-state index in [9.17, 15) is 43.2 Å². The smallest absolute Gasteiger partial charge is 0.462 e. The molecule has 0 saturated heterocycles. The van der Waals surface area contributed by atoms with Crippen molar-refractivity contribution in [2.45, 2.75) is 394 Å². The molecule has 0 amide bonds. The van der Waals surface area contributed by atoms with Crippen LogP contribution in [0.15, 0.2) is 0 Å². The first kappa shape index (κ1) is 90.1. The van der Waals surface area contributed by atoms with Gasteiger partial charge >= 0.3 is 39.5 Å². The molecule has 0 rings (SSSR count). The van der Waals surface area contributed by atoms with Crippen molar-refractivity contribution in [3.8, 4) is 0 Å². The number of hydrogen-bond donors (Lipinski definition) is 3.